The van der Waals surface area contributed by atoms with Crippen molar-refractivity contribution in [3.05, 3.63) is 47.5 Å². The number of carbonyl (C=O) groups excluding carboxylic acids is 6. The van der Waals surface area contributed by atoms with Gasteiger partial charge in [-0.05, 0) is 73.6 Å². The van der Waals surface area contributed by atoms with Crippen molar-refractivity contribution in [2.75, 3.05) is 19.7 Å². The van der Waals surface area contributed by atoms with Crippen molar-refractivity contribution >= 4 is 45.8 Å². The standard InChI is InChI=1S/C38H54N6O10S/c1-6-16-38(5,34(48)42-55(51,52)27-14-15-27)41-32(46)30-18-26-21-44(30)33(47)29(19-39-31(45)7-2)40-35(49)53-23-37(3,4)17-9-8-11-24-12-10-13-25-20-43(22-28(24)25)36(50)54-26/h7,10,12-13,26-27,29-30H,2,6,8-9,11,14-23H2,1,3-5H3,(H,39,45)(H,40,49)(H,41,46)(H,42,48)/t26-,29+,30+,38+/m1/s1. The summed E-state index contributed by atoms with van der Waals surface area (Å²) in [5, 5.41) is 7.05. The van der Waals surface area contributed by atoms with Gasteiger partial charge in [-0.3, -0.25) is 28.8 Å². The van der Waals surface area contributed by atoms with Crippen LogP contribution in [0.25, 0.3) is 0 Å². The quantitative estimate of drug-likeness (QED) is 0.255. The summed E-state index contributed by atoms with van der Waals surface area (Å²) in [6.45, 7) is 10.6. The van der Waals surface area contributed by atoms with Gasteiger partial charge >= 0.3 is 12.2 Å². The Bertz CT molecular complexity index is 1800. The average Bonchev–Trinajstić information content (AvgIpc) is 3.78. The molecular formula is C38H54N6O10S. The molecule has 4 bridgehead atoms. The summed E-state index contributed by atoms with van der Waals surface area (Å²) in [5.41, 5.74) is 1.14. The Morgan fingerprint density at radius 2 is 1.84 bits per heavy atom. The number of sulfonamides is 1. The minimum atomic E-state index is -3.94. The Morgan fingerprint density at radius 1 is 1.11 bits per heavy atom. The summed E-state index contributed by atoms with van der Waals surface area (Å²) < 4.78 is 39.0. The lowest BCUT2D eigenvalue weighted by molar-refractivity contribution is -0.142. The van der Waals surface area contributed by atoms with E-state index in [0.717, 1.165) is 53.3 Å². The molecular weight excluding hydrogens is 733 g/mol. The van der Waals surface area contributed by atoms with Crippen LogP contribution in [-0.4, -0.2) is 103 Å². The molecule has 1 saturated carbocycles. The minimum Gasteiger partial charge on any atom is -0.449 e. The highest BCUT2D eigenvalue weighted by Gasteiger charge is 2.48. The highest BCUT2D eigenvalue weighted by molar-refractivity contribution is 7.91. The zero-order valence-electron chi connectivity index (χ0n) is 32.1. The van der Waals surface area contributed by atoms with E-state index in [1.165, 1.54) is 6.92 Å². The first-order chi connectivity index (χ1) is 25.9. The van der Waals surface area contributed by atoms with Crippen molar-refractivity contribution < 1.29 is 46.7 Å². The van der Waals surface area contributed by atoms with Crippen molar-refractivity contribution in [1.82, 2.24) is 30.5 Å². The van der Waals surface area contributed by atoms with E-state index < -0.39 is 80.2 Å². The lowest BCUT2D eigenvalue weighted by atomic mass is 9.87. The first kappa shape index (κ1) is 41.5. The van der Waals surface area contributed by atoms with Crippen LogP contribution in [0.15, 0.2) is 30.9 Å². The molecule has 3 aliphatic heterocycles. The second-order valence-electron chi connectivity index (χ2n) is 16.0. The lowest BCUT2D eigenvalue weighted by Crippen LogP contribution is -2.62. The van der Waals surface area contributed by atoms with Gasteiger partial charge in [-0.2, -0.15) is 0 Å². The van der Waals surface area contributed by atoms with Gasteiger partial charge in [-0.1, -0.05) is 58.4 Å². The van der Waals surface area contributed by atoms with Gasteiger partial charge in [0.05, 0.1) is 18.4 Å². The highest BCUT2D eigenvalue weighted by Crippen LogP contribution is 2.32. The van der Waals surface area contributed by atoms with Crippen LogP contribution in [0.1, 0.15) is 95.8 Å². The Labute approximate surface area is 322 Å². The number of alkyl carbamates (subject to hydrolysis) is 1. The number of nitrogens with zero attached hydrogens (tertiary/aromatic N) is 2. The summed E-state index contributed by atoms with van der Waals surface area (Å²) in [7, 11) is -3.94. The molecule has 55 heavy (non-hydrogen) atoms. The number of ether oxygens (including phenoxy) is 2. The molecule has 4 N–H and O–H groups in total. The topological polar surface area (TPSA) is 210 Å². The molecule has 4 aliphatic rings. The van der Waals surface area contributed by atoms with Crippen LogP contribution in [-0.2, 0) is 58.2 Å². The maximum absolute atomic E-state index is 14.4. The summed E-state index contributed by atoms with van der Waals surface area (Å²) in [6.07, 6.45) is 2.94. The van der Waals surface area contributed by atoms with E-state index >= 15 is 0 Å². The van der Waals surface area contributed by atoms with Crippen molar-refractivity contribution in [3.8, 4) is 0 Å². The fourth-order valence-corrected chi connectivity index (χ4v) is 8.76. The molecule has 3 heterocycles. The molecule has 0 radical (unpaired) electrons. The van der Waals surface area contributed by atoms with Crippen LogP contribution in [0, 0.1) is 5.41 Å². The Hall–Kier alpha value is -4.67. The maximum atomic E-state index is 14.4. The molecule has 17 heteroatoms. The van der Waals surface area contributed by atoms with Crippen molar-refractivity contribution in [3.63, 3.8) is 0 Å². The van der Waals surface area contributed by atoms with Crippen LogP contribution in [0.2, 0.25) is 0 Å². The summed E-state index contributed by atoms with van der Waals surface area (Å²) in [5.74, 6) is -3.11. The Morgan fingerprint density at radius 3 is 2.53 bits per heavy atom. The van der Waals surface area contributed by atoms with Crippen LogP contribution in [0.4, 0.5) is 9.59 Å². The van der Waals surface area contributed by atoms with Crippen molar-refractivity contribution in [2.45, 2.75) is 128 Å². The SMILES string of the molecule is C=CC(=O)NC[C@@H]1NC(=O)OCC(C)(C)CCCCc2cccc3c2CN(C3)C(=O)O[C@@H]2C[C@@H](C(=O)N[C@@](C)(CCC)C(=O)NS(=O)(=O)C3CC3)N(C2)C1=O. The van der Waals surface area contributed by atoms with E-state index in [0.29, 0.717) is 32.4 Å². The normalized spacial score (nSPS) is 24.4. The van der Waals surface area contributed by atoms with Gasteiger partial charge in [-0.25, -0.2) is 18.0 Å². The molecule has 1 saturated heterocycles. The zero-order chi connectivity index (χ0) is 40.1. The Kier molecular flexibility index (Phi) is 12.8. The molecule has 0 unspecified atom stereocenters. The summed E-state index contributed by atoms with van der Waals surface area (Å²) >= 11 is 0. The minimum absolute atomic E-state index is 0.0514. The lowest BCUT2D eigenvalue weighted by Gasteiger charge is -2.33. The third-order valence-electron chi connectivity index (χ3n) is 10.7. The van der Waals surface area contributed by atoms with E-state index in [1.807, 2.05) is 26.0 Å². The van der Waals surface area contributed by atoms with E-state index in [-0.39, 0.29) is 32.5 Å². The number of nitrogens with one attached hydrogen (secondary N) is 4. The maximum Gasteiger partial charge on any atom is 0.410 e. The largest absolute Gasteiger partial charge is 0.449 e. The second kappa shape index (κ2) is 17.0. The fourth-order valence-electron chi connectivity index (χ4n) is 7.35. The monoisotopic (exact) mass is 786 g/mol. The van der Waals surface area contributed by atoms with Gasteiger partial charge in [0.25, 0.3) is 5.91 Å². The Balaban J connectivity index is 1.44. The zero-order valence-corrected chi connectivity index (χ0v) is 32.9. The van der Waals surface area contributed by atoms with Crippen LogP contribution in [0.3, 0.4) is 0 Å². The van der Waals surface area contributed by atoms with Crippen molar-refractivity contribution in [1.29, 1.82) is 0 Å². The van der Waals surface area contributed by atoms with Gasteiger partial charge in [0.1, 0.15) is 23.7 Å². The number of carbonyl (C=O) groups is 6. The number of amides is 6. The number of rotatable bonds is 10. The third-order valence-corrected chi connectivity index (χ3v) is 12.5. The average molecular weight is 787 g/mol. The third kappa shape index (κ3) is 10.3. The number of aryl methyl sites for hydroxylation is 1. The fraction of sp³-hybridized carbons (Fsp3) is 0.632. The predicted octanol–water partition coefficient (Wildman–Crippen LogP) is 2.54. The smallest absolute Gasteiger partial charge is 0.410 e. The molecule has 5 rings (SSSR count). The molecule has 302 valence electrons. The van der Waals surface area contributed by atoms with Gasteiger partial charge in [0.15, 0.2) is 0 Å². The molecule has 2 fully saturated rings. The number of fused-ring (bicyclic) bond motifs is 3. The van der Waals surface area contributed by atoms with Gasteiger partial charge < -0.3 is 30.3 Å². The van der Waals surface area contributed by atoms with Gasteiger partial charge in [0, 0.05) is 26.1 Å². The number of cyclic esters (lactones) is 1. The first-order valence-corrected chi connectivity index (χ1v) is 20.6. The van der Waals surface area contributed by atoms with Gasteiger partial charge in [0.2, 0.25) is 27.7 Å². The highest BCUT2D eigenvalue weighted by atomic mass is 32.2. The van der Waals surface area contributed by atoms with Crippen LogP contribution < -0.4 is 20.7 Å². The molecule has 0 aromatic heterocycles. The first-order valence-electron chi connectivity index (χ1n) is 19.0. The molecule has 4 atom stereocenters. The van der Waals surface area contributed by atoms with Crippen molar-refractivity contribution in [2.24, 2.45) is 5.41 Å². The molecule has 1 aromatic carbocycles. The summed E-state index contributed by atoms with van der Waals surface area (Å²) in [4.78, 5) is 83.8. The van der Waals surface area contributed by atoms with Crippen LogP contribution >= 0.6 is 0 Å². The van der Waals surface area contributed by atoms with Crippen LogP contribution in [0.5, 0.6) is 0 Å². The molecule has 1 aromatic rings. The molecule has 1 aliphatic carbocycles. The number of benzene rings is 1. The summed E-state index contributed by atoms with van der Waals surface area (Å²) in [6, 6.07) is 3.27. The van der Waals surface area contributed by atoms with Gasteiger partial charge in [-0.15, -0.1) is 0 Å². The second-order valence-corrected chi connectivity index (χ2v) is 18.0. The molecule has 6 amide bonds. The van der Waals surface area contributed by atoms with E-state index in [4.69, 9.17) is 9.47 Å². The van der Waals surface area contributed by atoms with E-state index in [1.54, 1.807) is 11.8 Å². The van der Waals surface area contributed by atoms with E-state index in [9.17, 15) is 37.2 Å². The molecule has 16 nitrogen and oxygen atoms in total. The predicted molar refractivity (Wildman–Crippen MR) is 200 cm³/mol. The number of hydrogen-bond acceptors (Lipinski definition) is 10. The van der Waals surface area contributed by atoms with E-state index in [2.05, 4.69) is 33.3 Å². The number of hydrogen-bond donors (Lipinski definition) is 4. The molecule has 0 spiro atoms.